The molecule has 0 N–H and O–H groups in total. The van der Waals surface area contributed by atoms with Crippen molar-refractivity contribution in [2.75, 3.05) is 0 Å². The number of pyridine rings is 1. The second kappa shape index (κ2) is 8.77. The van der Waals surface area contributed by atoms with Crippen LogP contribution in [-0.2, 0) is 4.79 Å². The van der Waals surface area contributed by atoms with E-state index in [1.807, 2.05) is 43.3 Å². The number of carbonyl (C=O) groups is 1. The minimum atomic E-state index is 0.198. The molecule has 3 nitrogen and oxygen atoms in total. The van der Waals surface area contributed by atoms with Crippen molar-refractivity contribution in [2.45, 2.75) is 52.4 Å². The van der Waals surface area contributed by atoms with E-state index in [-0.39, 0.29) is 11.7 Å². The first-order valence-electron chi connectivity index (χ1n) is 10.7. The van der Waals surface area contributed by atoms with Crippen LogP contribution >= 0.6 is 11.6 Å². The van der Waals surface area contributed by atoms with Gasteiger partial charge in [-0.3, -0.25) is 0 Å². The summed E-state index contributed by atoms with van der Waals surface area (Å²) in [4.78, 5) is 15.6. The van der Waals surface area contributed by atoms with Crippen molar-refractivity contribution in [3.63, 3.8) is 0 Å². The van der Waals surface area contributed by atoms with Crippen LogP contribution < -0.4 is 4.74 Å². The standard InChI is InChI=1S/C26H28ClNO2/c1-18(15-19(2)29)3-4-20-5-8-25(28-17-20)30-24-7-6-22(16-23(24)27)21-9-11-26(12-10-21)13-14-26/h3-9,16-18H,10-15H2,1-2H3/b4-3+/t18-/m0/s1. The molecule has 1 spiro atoms. The highest BCUT2D eigenvalue weighted by Gasteiger charge is 2.42. The molecule has 0 aliphatic heterocycles. The number of ketones is 1. The largest absolute Gasteiger partial charge is 0.437 e. The molecule has 1 aromatic heterocycles. The quantitative estimate of drug-likeness (QED) is 0.464. The third-order valence-corrected chi connectivity index (χ3v) is 6.46. The zero-order valence-corrected chi connectivity index (χ0v) is 18.4. The lowest BCUT2D eigenvalue weighted by Gasteiger charge is -2.21. The molecule has 4 heteroatoms. The monoisotopic (exact) mass is 421 g/mol. The van der Waals surface area contributed by atoms with Gasteiger partial charge >= 0.3 is 0 Å². The Hall–Kier alpha value is -2.39. The number of hydrogen-bond acceptors (Lipinski definition) is 3. The summed E-state index contributed by atoms with van der Waals surface area (Å²) in [6.45, 7) is 3.65. The van der Waals surface area contributed by atoms with E-state index < -0.39 is 0 Å². The van der Waals surface area contributed by atoms with Gasteiger partial charge in [-0.1, -0.05) is 42.8 Å². The number of aromatic nitrogens is 1. The molecule has 2 aliphatic rings. The number of rotatable bonds is 7. The highest BCUT2D eigenvalue weighted by Crippen LogP contribution is 2.56. The Morgan fingerprint density at radius 1 is 1.27 bits per heavy atom. The van der Waals surface area contributed by atoms with Crippen molar-refractivity contribution in [3.05, 3.63) is 64.8 Å². The number of hydrogen-bond donors (Lipinski definition) is 0. The number of nitrogens with zero attached hydrogens (tertiary/aromatic N) is 1. The minimum absolute atomic E-state index is 0.198. The van der Waals surface area contributed by atoms with E-state index >= 15 is 0 Å². The molecular weight excluding hydrogens is 394 g/mol. The molecular formula is C26H28ClNO2. The molecule has 1 saturated carbocycles. The molecule has 0 bridgehead atoms. The SMILES string of the molecule is CC(=O)C[C@@H](C)/C=C/c1ccc(Oc2ccc(C3=CCC4(CC3)CC4)cc2Cl)nc1. The summed E-state index contributed by atoms with van der Waals surface area (Å²) in [5.41, 5.74) is 4.19. The predicted octanol–water partition coefficient (Wildman–Crippen LogP) is 7.50. The van der Waals surface area contributed by atoms with E-state index in [2.05, 4.69) is 17.1 Å². The summed E-state index contributed by atoms with van der Waals surface area (Å²) in [7, 11) is 0. The van der Waals surface area contributed by atoms with E-state index in [4.69, 9.17) is 16.3 Å². The number of ether oxygens (including phenoxy) is 1. The number of carbonyl (C=O) groups excluding carboxylic acids is 1. The molecule has 1 aromatic carbocycles. The average Bonchev–Trinajstić information content (AvgIpc) is 3.48. The van der Waals surface area contributed by atoms with Gasteiger partial charge in [-0.2, -0.15) is 0 Å². The van der Waals surface area contributed by atoms with E-state index in [0.29, 0.717) is 28.5 Å². The Bertz CT molecular complexity index is 987. The fourth-order valence-electron chi connectivity index (χ4n) is 4.08. The molecule has 0 saturated heterocycles. The predicted molar refractivity (Wildman–Crippen MR) is 123 cm³/mol. The average molecular weight is 422 g/mol. The van der Waals surface area contributed by atoms with Crippen LogP contribution in [0.5, 0.6) is 11.6 Å². The molecule has 156 valence electrons. The molecule has 0 radical (unpaired) electrons. The van der Waals surface area contributed by atoms with Gasteiger partial charge in [0, 0.05) is 18.7 Å². The smallest absolute Gasteiger partial charge is 0.219 e. The zero-order valence-electron chi connectivity index (χ0n) is 17.7. The van der Waals surface area contributed by atoms with Crippen LogP contribution in [0.4, 0.5) is 0 Å². The molecule has 0 unspecified atom stereocenters. The molecule has 4 rings (SSSR count). The molecule has 1 heterocycles. The van der Waals surface area contributed by atoms with Crippen LogP contribution in [0.2, 0.25) is 5.02 Å². The first-order valence-corrected chi connectivity index (χ1v) is 11.1. The summed E-state index contributed by atoms with van der Waals surface area (Å²) in [6, 6.07) is 9.80. The summed E-state index contributed by atoms with van der Waals surface area (Å²) >= 11 is 6.51. The number of Topliss-reactive ketones (excluding diaryl/α,β-unsaturated/α-hetero) is 1. The number of halogens is 1. The van der Waals surface area contributed by atoms with Gasteiger partial charge in [0.05, 0.1) is 5.02 Å². The van der Waals surface area contributed by atoms with E-state index in [9.17, 15) is 4.79 Å². The minimum Gasteiger partial charge on any atom is -0.437 e. The topological polar surface area (TPSA) is 39.2 Å². The van der Waals surface area contributed by atoms with Crippen molar-refractivity contribution in [2.24, 2.45) is 11.3 Å². The maximum Gasteiger partial charge on any atom is 0.219 e. The highest BCUT2D eigenvalue weighted by atomic mass is 35.5. The zero-order chi connectivity index (χ0) is 21.1. The van der Waals surface area contributed by atoms with Crippen LogP contribution in [0.25, 0.3) is 11.6 Å². The fraction of sp³-hybridized carbons (Fsp3) is 0.385. The Balaban J connectivity index is 1.39. The van der Waals surface area contributed by atoms with E-state index in [1.165, 1.54) is 36.8 Å². The molecule has 1 atom stereocenters. The van der Waals surface area contributed by atoms with Crippen molar-refractivity contribution >= 4 is 29.0 Å². The third-order valence-electron chi connectivity index (χ3n) is 6.17. The Kier molecular flexibility index (Phi) is 6.10. The lowest BCUT2D eigenvalue weighted by Crippen LogP contribution is -2.05. The van der Waals surface area contributed by atoms with Crippen LogP contribution in [0.1, 0.15) is 63.5 Å². The Morgan fingerprint density at radius 2 is 2.10 bits per heavy atom. The Labute approximate surface area is 183 Å². The molecule has 2 aromatic rings. The second-order valence-corrected chi connectivity index (χ2v) is 9.26. The first-order chi connectivity index (χ1) is 14.4. The van der Waals surface area contributed by atoms with Gasteiger partial charge in [0.2, 0.25) is 5.88 Å². The maximum atomic E-state index is 11.2. The number of allylic oxidation sites excluding steroid dienone is 3. The van der Waals surface area contributed by atoms with Crippen molar-refractivity contribution in [1.82, 2.24) is 4.98 Å². The van der Waals surface area contributed by atoms with Crippen LogP contribution in [0, 0.1) is 11.3 Å². The van der Waals surface area contributed by atoms with Crippen LogP contribution in [0.15, 0.2) is 48.7 Å². The summed E-state index contributed by atoms with van der Waals surface area (Å²) in [5, 5.41) is 0.601. The maximum absolute atomic E-state index is 11.2. The summed E-state index contributed by atoms with van der Waals surface area (Å²) < 4.78 is 5.90. The van der Waals surface area contributed by atoms with Gasteiger partial charge < -0.3 is 9.53 Å². The van der Waals surface area contributed by atoms with Crippen LogP contribution in [-0.4, -0.2) is 10.8 Å². The van der Waals surface area contributed by atoms with Gasteiger partial charge in [-0.25, -0.2) is 4.98 Å². The van der Waals surface area contributed by atoms with Gasteiger partial charge in [0.25, 0.3) is 0 Å². The lowest BCUT2D eigenvalue weighted by molar-refractivity contribution is -0.117. The fourth-order valence-corrected chi connectivity index (χ4v) is 4.30. The normalized spacial score (nSPS) is 18.3. The van der Waals surface area contributed by atoms with Crippen molar-refractivity contribution < 1.29 is 9.53 Å². The summed E-state index contributed by atoms with van der Waals surface area (Å²) in [5.74, 6) is 1.53. The third kappa shape index (κ3) is 5.20. The summed E-state index contributed by atoms with van der Waals surface area (Å²) in [6.07, 6.45) is 15.1. The van der Waals surface area contributed by atoms with Crippen molar-refractivity contribution in [1.29, 1.82) is 0 Å². The Morgan fingerprint density at radius 3 is 2.70 bits per heavy atom. The van der Waals surface area contributed by atoms with Gasteiger partial charge in [0.15, 0.2) is 0 Å². The first kappa shape index (κ1) is 20.9. The van der Waals surface area contributed by atoms with Crippen molar-refractivity contribution in [3.8, 4) is 11.6 Å². The molecule has 0 amide bonds. The molecule has 2 aliphatic carbocycles. The van der Waals surface area contributed by atoms with Crippen LogP contribution in [0.3, 0.4) is 0 Å². The van der Waals surface area contributed by atoms with Gasteiger partial charge in [0.1, 0.15) is 11.5 Å². The van der Waals surface area contributed by atoms with E-state index in [0.717, 1.165) is 12.0 Å². The second-order valence-electron chi connectivity index (χ2n) is 8.85. The van der Waals surface area contributed by atoms with E-state index in [1.54, 1.807) is 13.1 Å². The molecule has 30 heavy (non-hydrogen) atoms. The highest BCUT2D eigenvalue weighted by molar-refractivity contribution is 6.32. The lowest BCUT2D eigenvalue weighted by atomic mass is 9.84. The molecule has 1 fully saturated rings. The van der Waals surface area contributed by atoms with Gasteiger partial charge in [-0.15, -0.1) is 0 Å². The number of benzene rings is 1. The van der Waals surface area contributed by atoms with Gasteiger partial charge in [-0.05, 0) is 85.3 Å².